The fraction of sp³-hybridized carbons (Fsp3) is 0.562. The summed E-state index contributed by atoms with van der Waals surface area (Å²) in [5.41, 5.74) is 8.18. The molecule has 1 aromatic rings. The van der Waals surface area contributed by atoms with Crippen LogP contribution in [0.15, 0.2) is 24.3 Å². The number of rotatable bonds is 9. The Morgan fingerprint density at radius 1 is 1.05 bits per heavy atom. The fourth-order valence-corrected chi connectivity index (χ4v) is 2.05. The van der Waals surface area contributed by atoms with E-state index in [-0.39, 0.29) is 5.97 Å². The summed E-state index contributed by atoms with van der Waals surface area (Å²) in [4.78, 5) is 11.1. The van der Waals surface area contributed by atoms with E-state index < -0.39 is 0 Å². The molecule has 0 aliphatic heterocycles. The molecule has 0 amide bonds. The van der Waals surface area contributed by atoms with Crippen LogP contribution in [0.5, 0.6) is 0 Å². The van der Waals surface area contributed by atoms with Gasteiger partial charge in [-0.1, -0.05) is 30.7 Å². The smallest absolute Gasteiger partial charge is 0.305 e. The summed E-state index contributed by atoms with van der Waals surface area (Å²) in [6.07, 6.45) is 5.68. The van der Waals surface area contributed by atoms with Crippen LogP contribution in [0.4, 0.5) is 0 Å². The van der Waals surface area contributed by atoms with Crippen molar-refractivity contribution >= 4 is 5.97 Å². The van der Waals surface area contributed by atoms with Crippen molar-refractivity contribution in [1.29, 1.82) is 0 Å². The Labute approximate surface area is 116 Å². The van der Waals surface area contributed by atoms with Crippen LogP contribution >= 0.6 is 0 Å². The van der Waals surface area contributed by atoms with Crippen molar-refractivity contribution in [2.24, 2.45) is 5.73 Å². The maximum Gasteiger partial charge on any atom is 0.305 e. The first-order valence-corrected chi connectivity index (χ1v) is 7.19. The number of hydrogen-bond donors (Lipinski definition) is 1. The van der Waals surface area contributed by atoms with Gasteiger partial charge >= 0.3 is 5.97 Å². The molecule has 2 N–H and O–H groups in total. The molecular weight excluding hydrogens is 238 g/mol. The predicted octanol–water partition coefficient (Wildman–Crippen LogP) is 2.85. The van der Waals surface area contributed by atoms with Crippen LogP contribution in [0.1, 0.15) is 43.7 Å². The van der Waals surface area contributed by atoms with E-state index in [4.69, 9.17) is 10.5 Å². The van der Waals surface area contributed by atoms with Crippen molar-refractivity contribution in [2.45, 2.75) is 45.4 Å². The number of carbonyl (C=O) groups is 1. The highest BCUT2D eigenvalue weighted by atomic mass is 16.5. The molecule has 0 spiro atoms. The van der Waals surface area contributed by atoms with Gasteiger partial charge in [-0.15, -0.1) is 0 Å². The van der Waals surface area contributed by atoms with Gasteiger partial charge in [0.1, 0.15) is 0 Å². The van der Waals surface area contributed by atoms with Crippen LogP contribution in [-0.2, 0) is 22.4 Å². The van der Waals surface area contributed by atoms with Crippen molar-refractivity contribution in [3.8, 4) is 0 Å². The highest BCUT2D eigenvalue weighted by Crippen LogP contribution is 2.10. The lowest BCUT2D eigenvalue weighted by Gasteiger charge is -2.04. The third-order valence-electron chi connectivity index (χ3n) is 3.11. The highest BCUT2D eigenvalue weighted by Gasteiger charge is 2.01. The van der Waals surface area contributed by atoms with Gasteiger partial charge in [0.2, 0.25) is 0 Å². The number of ether oxygens (including phenoxy) is 1. The van der Waals surface area contributed by atoms with E-state index in [0.717, 1.165) is 32.1 Å². The molecule has 3 heteroatoms. The number of aryl methyl sites for hydroxylation is 1. The molecule has 106 valence electrons. The summed E-state index contributed by atoms with van der Waals surface area (Å²) in [6.45, 7) is 3.02. The molecule has 0 saturated carbocycles. The summed E-state index contributed by atoms with van der Waals surface area (Å²) in [5, 5.41) is 0. The van der Waals surface area contributed by atoms with Gasteiger partial charge in [-0.05, 0) is 50.3 Å². The molecule has 0 aliphatic rings. The van der Waals surface area contributed by atoms with Gasteiger partial charge in [0.25, 0.3) is 0 Å². The summed E-state index contributed by atoms with van der Waals surface area (Å²) in [7, 11) is 0. The molecule has 0 atom stereocenters. The van der Waals surface area contributed by atoms with Gasteiger partial charge < -0.3 is 10.5 Å². The third kappa shape index (κ3) is 6.97. The van der Waals surface area contributed by atoms with Crippen molar-refractivity contribution in [2.75, 3.05) is 13.2 Å². The van der Waals surface area contributed by atoms with E-state index in [1.165, 1.54) is 11.1 Å². The predicted molar refractivity (Wildman–Crippen MR) is 78.0 cm³/mol. The highest BCUT2D eigenvalue weighted by molar-refractivity contribution is 5.69. The van der Waals surface area contributed by atoms with E-state index in [1.807, 2.05) is 6.92 Å². The second-order valence-corrected chi connectivity index (χ2v) is 4.72. The van der Waals surface area contributed by atoms with Crippen molar-refractivity contribution in [1.82, 2.24) is 0 Å². The van der Waals surface area contributed by atoms with Gasteiger partial charge in [0.05, 0.1) is 6.61 Å². The van der Waals surface area contributed by atoms with Crippen LogP contribution in [0.3, 0.4) is 0 Å². The molecule has 0 aromatic heterocycles. The third-order valence-corrected chi connectivity index (χ3v) is 3.11. The standard InChI is InChI=1S/C16H25NO2/c1-2-19-16(18)7-5-3-4-6-14-8-10-15(11-9-14)12-13-17/h8-11H,2-7,12-13,17H2,1H3. The molecule has 0 bridgehead atoms. The van der Waals surface area contributed by atoms with E-state index in [2.05, 4.69) is 24.3 Å². The Morgan fingerprint density at radius 2 is 1.68 bits per heavy atom. The molecule has 0 fully saturated rings. The van der Waals surface area contributed by atoms with Crippen molar-refractivity contribution < 1.29 is 9.53 Å². The Hall–Kier alpha value is -1.35. The summed E-state index contributed by atoms with van der Waals surface area (Å²) < 4.78 is 4.89. The number of carbonyl (C=O) groups excluding carboxylic acids is 1. The van der Waals surface area contributed by atoms with Gasteiger partial charge in [0, 0.05) is 6.42 Å². The maximum atomic E-state index is 11.1. The van der Waals surface area contributed by atoms with E-state index in [9.17, 15) is 4.79 Å². The Kier molecular flexibility index (Phi) is 7.91. The molecule has 1 aromatic carbocycles. The van der Waals surface area contributed by atoms with Crippen molar-refractivity contribution in [3.05, 3.63) is 35.4 Å². The van der Waals surface area contributed by atoms with E-state index in [1.54, 1.807) is 0 Å². The Morgan fingerprint density at radius 3 is 2.26 bits per heavy atom. The first kappa shape index (κ1) is 15.7. The van der Waals surface area contributed by atoms with Gasteiger partial charge in [-0.25, -0.2) is 0 Å². The molecule has 19 heavy (non-hydrogen) atoms. The average molecular weight is 263 g/mol. The van der Waals surface area contributed by atoms with Gasteiger partial charge in [-0.2, -0.15) is 0 Å². The SMILES string of the molecule is CCOC(=O)CCCCCc1ccc(CCN)cc1. The molecule has 3 nitrogen and oxygen atoms in total. The zero-order valence-electron chi connectivity index (χ0n) is 11.9. The number of benzene rings is 1. The van der Waals surface area contributed by atoms with E-state index in [0.29, 0.717) is 19.6 Å². The maximum absolute atomic E-state index is 11.1. The summed E-state index contributed by atoms with van der Waals surface area (Å²) in [6, 6.07) is 8.66. The minimum absolute atomic E-state index is 0.0753. The van der Waals surface area contributed by atoms with Crippen LogP contribution in [0.2, 0.25) is 0 Å². The lowest BCUT2D eigenvalue weighted by atomic mass is 10.0. The Balaban J connectivity index is 2.13. The number of nitrogens with two attached hydrogens (primary N) is 1. The number of esters is 1. The van der Waals surface area contributed by atoms with Gasteiger partial charge in [0.15, 0.2) is 0 Å². The van der Waals surface area contributed by atoms with Gasteiger partial charge in [-0.3, -0.25) is 4.79 Å². The molecule has 0 heterocycles. The molecule has 0 saturated heterocycles. The second kappa shape index (κ2) is 9.56. The number of hydrogen-bond acceptors (Lipinski definition) is 3. The lowest BCUT2D eigenvalue weighted by Crippen LogP contribution is -2.03. The quantitative estimate of drug-likeness (QED) is 0.550. The largest absolute Gasteiger partial charge is 0.466 e. The Bertz CT molecular complexity index is 360. The van der Waals surface area contributed by atoms with Crippen LogP contribution in [-0.4, -0.2) is 19.1 Å². The molecule has 1 rings (SSSR count). The normalized spacial score (nSPS) is 10.4. The molecular formula is C16H25NO2. The zero-order chi connectivity index (χ0) is 13.9. The molecule has 0 unspecified atom stereocenters. The molecule has 0 radical (unpaired) electrons. The number of unbranched alkanes of at least 4 members (excludes halogenated alkanes) is 2. The first-order valence-electron chi connectivity index (χ1n) is 7.19. The van der Waals surface area contributed by atoms with Crippen LogP contribution in [0.25, 0.3) is 0 Å². The molecule has 0 aliphatic carbocycles. The summed E-state index contributed by atoms with van der Waals surface area (Å²) >= 11 is 0. The topological polar surface area (TPSA) is 52.3 Å². The zero-order valence-corrected chi connectivity index (χ0v) is 11.9. The fourth-order valence-electron chi connectivity index (χ4n) is 2.05. The monoisotopic (exact) mass is 263 g/mol. The average Bonchev–Trinajstić information content (AvgIpc) is 2.41. The minimum atomic E-state index is -0.0753. The summed E-state index contributed by atoms with van der Waals surface area (Å²) in [5.74, 6) is -0.0753. The van der Waals surface area contributed by atoms with Crippen LogP contribution < -0.4 is 5.73 Å². The minimum Gasteiger partial charge on any atom is -0.466 e. The lowest BCUT2D eigenvalue weighted by molar-refractivity contribution is -0.143. The first-order chi connectivity index (χ1) is 9.26. The van der Waals surface area contributed by atoms with E-state index >= 15 is 0 Å². The van der Waals surface area contributed by atoms with Crippen molar-refractivity contribution in [3.63, 3.8) is 0 Å². The second-order valence-electron chi connectivity index (χ2n) is 4.72. The van der Waals surface area contributed by atoms with Crippen LogP contribution in [0, 0.1) is 0 Å².